The lowest BCUT2D eigenvalue weighted by Crippen LogP contribution is -2.40. The predicted molar refractivity (Wildman–Crippen MR) is 92.7 cm³/mol. The topological polar surface area (TPSA) is 53.4 Å². The van der Waals surface area contributed by atoms with E-state index in [0.717, 1.165) is 52.1 Å². The largest absolute Gasteiger partial charge is 0.342 e. The molecule has 1 unspecified atom stereocenters. The molecule has 132 valence electrons. The zero-order valence-electron chi connectivity index (χ0n) is 14.8. The number of rotatable bonds is 5. The molecule has 3 atom stereocenters. The third-order valence-electron chi connectivity index (χ3n) is 6.08. The fraction of sp³-hybridized carbons (Fsp3) is 0.778. The first-order chi connectivity index (χ1) is 11.6. The number of aromatic nitrogens is 2. The van der Waals surface area contributed by atoms with Gasteiger partial charge in [-0.15, -0.1) is 0 Å². The molecule has 0 aromatic carbocycles. The van der Waals surface area contributed by atoms with Crippen molar-refractivity contribution in [3.05, 3.63) is 18.2 Å². The highest BCUT2D eigenvalue weighted by molar-refractivity contribution is 5.82. The minimum absolute atomic E-state index is 0.324. The molecule has 1 amide bonds. The molecule has 4 rings (SSSR count). The summed E-state index contributed by atoms with van der Waals surface area (Å²) >= 11 is 0. The van der Waals surface area contributed by atoms with Crippen molar-refractivity contribution < 1.29 is 4.79 Å². The number of piperidine rings is 2. The Kier molecular flexibility index (Phi) is 4.35. The molecule has 24 heavy (non-hydrogen) atoms. The van der Waals surface area contributed by atoms with Gasteiger partial charge in [0.15, 0.2) is 0 Å². The van der Waals surface area contributed by atoms with E-state index in [1.807, 2.05) is 6.20 Å². The van der Waals surface area contributed by atoms with Crippen molar-refractivity contribution in [3.8, 4) is 0 Å². The molecule has 0 spiro atoms. The van der Waals surface area contributed by atoms with Gasteiger partial charge in [0.05, 0.1) is 0 Å². The van der Waals surface area contributed by atoms with E-state index in [1.165, 1.54) is 5.82 Å². The third kappa shape index (κ3) is 2.97. The maximum absolute atomic E-state index is 12.7. The molecule has 0 bridgehead atoms. The second-order valence-electron chi connectivity index (χ2n) is 7.89. The van der Waals surface area contributed by atoms with Gasteiger partial charge in [0, 0.05) is 50.4 Å². The first-order valence-corrected chi connectivity index (χ1v) is 9.30. The van der Waals surface area contributed by atoms with Gasteiger partial charge in [0.1, 0.15) is 5.82 Å². The van der Waals surface area contributed by atoms with Crippen molar-refractivity contribution in [2.45, 2.75) is 25.3 Å². The summed E-state index contributed by atoms with van der Waals surface area (Å²) in [6, 6.07) is 0. The van der Waals surface area contributed by atoms with Crippen LogP contribution in [0.15, 0.2) is 12.4 Å². The van der Waals surface area contributed by atoms with Crippen LogP contribution in [0.2, 0.25) is 0 Å². The summed E-state index contributed by atoms with van der Waals surface area (Å²) in [5.74, 6) is 3.69. The number of likely N-dealkylation sites (tertiary alicyclic amines) is 1. The fourth-order valence-corrected chi connectivity index (χ4v) is 4.53. The third-order valence-corrected chi connectivity index (χ3v) is 6.08. The van der Waals surface area contributed by atoms with Crippen LogP contribution >= 0.6 is 0 Å². The summed E-state index contributed by atoms with van der Waals surface area (Å²) in [5, 5.41) is 3.38. The summed E-state index contributed by atoms with van der Waals surface area (Å²) in [7, 11) is 4.20. The molecule has 2 aliphatic heterocycles. The van der Waals surface area contributed by atoms with Crippen molar-refractivity contribution in [3.63, 3.8) is 0 Å². The highest BCUT2D eigenvalue weighted by Crippen LogP contribution is 2.49. The van der Waals surface area contributed by atoms with E-state index in [9.17, 15) is 4.79 Å². The number of fused-ring (bicyclic) bond motifs is 1. The van der Waals surface area contributed by atoms with Crippen LogP contribution in [0.1, 0.15) is 24.6 Å². The van der Waals surface area contributed by atoms with E-state index in [1.54, 1.807) is 0 Å². The summed E-state index contributed by atoms with van der Waals surface area (Å²) in [4.78, 5) is 21.6. The molecule has 0 radical (unpaired) electrons. The second kappa shape index (κ2) is 6.48. The van der Waals surface area contributed by atoms with Crippen molar-refractivity contribution in [2.75, 3.05) is 46.8 Å². The number of nitrogens with one attached hydrogen (secondary N) is 1. The zero-order valence-corrected chi connectivity index (χ0v) is 14.8. The predicted octanol–water partition coefficient (Wildman–Crippen LogP) is 0.616. The molecule has 1 aromatic rings. The zero-order chi connectivity index (χ0) is 16.7. The molecule has 1 saturated carbocycles. The van der Waals surface area contributed by atoms with E-state index in [0.29, 0.717) is 29.6 Å². The summed E-state index contributed by atoms with van der Waals surface area (Å²) in [6.45, 7) is 5.89. The average Bonchev–Trinajstić information content (AvgIpc) is 2.97. The highest BCUT2D eigenvalue weighted by Gasteiger charge is 2.57. The van der Waals surface area contributed by atoms with Gasteiger partial charge in [0.25, 0.3) is 0 Å². The van der Waals surface area contributed by atoms with E-state index in [2.05, 4.69) is 45.0 Å². The Balaban J connectivity index is 1.32. The molecule has 3 heterocycles. The number of nitrogens with zero attached hydrogens (tertiary/aromatic N) is 4. The Morgan fingerprint density at radius 1 is 1.29 bits per heavy atom. The SMILES string of the molecule is CN(C)CCn1ccnc1C1CCN(C(=O)C2[C@H]3CNC[C@@H]23)CC1. The molecular weight excluding hydrogens is 302 g/mol. The summed E-state index contributed by atoms with van der Waals surface area (Å²) in [5.41, 5.74) is 0. The first-order valence-electron chi connectivity index (χ1n) is 9.30. The lowest BCUT2D eigenvalue weighted by molar-refractivity contribution is -0.134. The van der Waals surface area contributed by atoms with Gasteiger partial charge in [0.2, 0.25) is 5.91 Å². The van der Waals surface area contributed by atoms with Crippen LogP contribution < -0.4 is 5.32 Å². The number of imidazole rings is 1. The first kappa shape index (κ1) is 16.1. The number of amides is 1. The maximum Gasteiger partial charge on any atom is 0.226 e. The number of likely N-dealkylation sites (N-methyl/N-ethyl adjacent to an activating group) is 1. The van der Waals surface area contributed by atoms with Gasteiger partial charge in [-0.1, -0.05) is 0 Å². The monoisotopic (exact) mass is 331 g/mol. The Hall–Kier alpha value is -1.40. The second-order valence-corrected chi connectivity index (χ2v) is 7.89. The molecule has 1 N–H and O–H groups in total. The van der Waals surface area contributed by atoms with Crippen LogP contribution in [0, 0.1) is 17.8 Å². The number of hydrogen-bond acceptors (Lipinski definition) is 4. The van der Waals surface area contributed by atoms with E-state index in [4.69, 9.17) is 0 Å². The fourth-order valence-electron chi connectivity index (χ4n) is 4.53. The van der Waals surface area contributed by atoms with Crippen LogP contribution in [0.5, 0.6) is 0 Å². The number of carbonyl (C=O) groups excluding carboxylic acids is 1. The Morgan fingerprint density at radius 3 is 2.67 bits per heavy atom. The van der Waals surface area contributed by atoms with Crippen LogP contribution in [-0.4, -0.2) is 72.1 Å². The lowest BCUT2D eigenvalue weighted by Gasteiger charge is -2.32. The number of hydrogen-bond donors (Lipinski definition) is 1. The van der Waals surface area contributed by atoms with E-state index in [-0.39, 0.29) is 0 Å². The average molecular weight is 331 g/mol. The van der Waals surface area contributed by atoms with Crippen molar-refractivity contribution in [1.82, 2.24) is 24.7 Å². The van der Waals surface area contributed by atoms with Gasteiger partial charge in [-0.05, 0) is 51.9 Å². The Bertz CT molecular complexity index is 580. The minimum atomic E-state index is 0.324. The van der Waals surface area contributed by atoms with Crippen LogP contribution in [0.3, 0.4) is 0 Å². The standard InChI is InChI=1S/C18H29N5O/c1-21(2)9-10-22-8-5-20-17(22)13-3-6-23(7-4-13)18(24)16-14-11-19-12-15(14)16/h5,8,13-16,19H,3-4,6-7,9-12H2,1-2H3/t14-,15+,16?. The van der Waals surface area contributed by atoms with Crippen molar-refractivity contribution >= 4 is 5.91 Å². The van der Waals surface area contributed by atoms with Gasteiger partial charge in [-0.3, -0.25) is 4.79 Å². The van der Waals surface area contributed by atoms with Crippen LogP contribution in [-0.2, 0) is 11.3 Å². The smallest absolute Gasteiger partial charge is 0.226 e. The molecule has 3 aliphatic rings. The molecular formula is C18H29N5O. The van der Waals surface area contributed by atoms with Crippen molar-refractivity contribution in [2.24, 2.45) is 17.8 Å². The minimum Gasteiger partial charge on any atom is -0.342 e. The van der Waals surface area contributed by atoms with Gasteiger partial charge in [-0.2, -0.15) is 0 Å². The van der Waals surface area contributed by atoms with Gasteiger partial charge < -0.3 is 19.7 Å². The van der Waals surface area contributed by atoms with E-state index < -0.39 is 0 Å². The quantitative estimate of drug-likeness (QED) is 0.859. The maximum atomic E-state index is 12.7. The molecule has 1 aromatic heterocycles. The molecule has 6 heteroatoms. The Morgan fingerprint density at radius 2 is 2.00 bits per heavy atom. The molecule has 2 saturated heterocycles. The van der Waals surface area contributed by atoms with Crippen LogP contribution in [0.25, 0.3) is 0 Å². The molecule has 3 fully saturated rings. The Labute approximate surface area is 144 Å². The summed E-state index contributed by atoms with van der Waals surface area (Å²) in [6.07, 6.45) is 6.10. The molecule has 1 aliphatic carbocycles. The van der Waals surface area contributed by atoms with Crippen LogP contribution in [0.4, 0.5) is 0 Å². The lowest BCUT2D eigenvalue weighted by atomic mass is 9.95. The molecule has 6 nitrogen and oxygen atoms in total. The number of carbonyl (C=O) groups is 1. The van der Waals surface area contributed by atoms with Crippen molar-refractivity contribution in [1.29, 1.82) is 0 Å². The highest BCUT2D eigenvalue weighted by atomic mass is 16.2. The summed E-state index contributed by atoms with van der Waals surface area (Å²) < 4.78 is 2.29. The normalized spacial score (nSPS) is 30.0. The van der Waals surface area contributed by atoms with Gasteiger partial charge >= 0.3 is 0 Å². The van der Waals surface area contributed by atoms with Gasteiger partial charge in [-0.25, -0.2) is 4.98 Å². The van der Waals surface area contributed by atoms with E-state index >= 15 is 0 Å².